The van der Waals surface area contributed by atoms with Crippen LogP contribution >= 0.6 is 0 Å². The summed E-state index contributed by atoms with van der Waals surface area (Å²) in [6.07, 6.45) is 1.56. The van der Waals surface area contributed by atoms with Crippen LogP contribution in [-0.2, 0) is 0 Å². The molecule has 1 amide bonds. The summed E-state index contributed by atoms with van der Waals surface area (Å²) in [4.78, 5) is 28.2. The molecule has 22 heavy (non-hydrogen) atoms. The highest BCUT2D eigenvalue weighted by atomic mass is 16.5. The Balaban J connectivity index is 2.03. The van der Waals surface area contributed by atoms with Gasteiger partial charge in [-0.15, -0.1) is 0 Å². The minimum absolute atomic E-state index is 0.126. The predicted molar refractivity (Wildman–Crippen MR) is 81.1 cm³/mol. The van der Waals surface area contributed by atoms with Gasteiger partial charge in [-0.1, -0.05) is 18.2 Å². The molecule has 3 rings (SSSR count). The van der Waals surface area contributed by atoms with Crippen molar-refractivity contribution in [2.45, 2.75) is 0 Å². The van der Waals surface area contributed by atoms with Gasteiger partial charge in [0.1, 0.15) is 5.69 Å². The van der Waals surface area contributed by atoms with Crippen molar-refractivity contribution in [2.75, 3.05) is 12.4 Å². The number of aromatic nitrogens is 3. The van der Waals surface area contributed by atoms with Crippen molar-refractivity contribution < 1.29 is 9.53 Å². The van der Waals surface area contributed by atoms with Crippen LogP contribution in [0.4, 0.5) is 5.69 Å². The van der Waals surface area contributed by atoms with Crippen LogP contribution in [-0.4, -0.2) is 28.2 Å². The van der Waals surface area contributed by atoms with E-state index < -0.39 is 5.91 Å². The Morgan fingerprint density at radius 1 is 1.18 bits per heavy atom. The van der Waals surface area contributed by atoms with Crippen molar-refractivity contribution in [3.05, 3.63) is 58.6 Å². The first-order chi connectivity index (χ1) is 10.7. The summed E-state index contributed by atoms with van der Waals surface area (Å²) in [5.41, 5.74) is 0.208. The number of anilines is 1. The highest BCUT2D eigenvalue weighted by molar-refractivity contribution is 6.11. The largest absolute Gasteiger partial charge is 0.480 e. The van der Waals surface area contributed by atoms with E-state index in [1.54, 1.807) is 42.6 Å². The number of pyridine rings is 1. The summed E-state index contributed by atoms with van der Waals surface area (Å²) in [5.74, 6) is -0.164. The highest BCUT2D eigenvalue weighted by Gasteiger charge is 2.16. The van der Waals surface area contributed by atoms with Gasteiger partial charge in [0.25, 0.3) is 11.5 Å². The van der Waals surface area contributed by atoms with Gasteiger partial charge in [0.15, 0.2) is 5.69 Å². The fourth-order valence-corrected chi connectivity index (χ4v) is 2.12. The Bertz CT molecular complexity index is 904. The molecule has 0 aliphatic carbocycles. The normalized spacial score (nSPS) is 10.4. The Morgan fingerprint density at radius 3 is 2.73 bits per heavy atom. The number of rotatable bonds is 3. The van der Waals surface area contributed by atoms with Crippen LogP contribution in [0.2, 0.25) is 0 Å². The molecule has 0 atom stereocenters. The highest BCUT2D eigenvalue weighted by Crippen LogP contribution is 2.21. The van der Waals surface area contributed by atoms with Gasteiger partial charge in [0.2, 0.25) is 5.88 Å². The number of hydrogen-bond donors (Lipinski definition) is 2. The first-order valence-corrected chi connectivity index (χ1v) is 6.48. The van der Waals surface area contributed by atoms with Crippen molar-refractivity contribution in [2.24, 2.45) is 0 Å². The number of benzene rings is 1. The minimum atomic E-state index is -0.459. The molecule has 0 aliphatic heterocycles. The zero-order chi connectivity index (χ0) is 15.5. The maximum atomic E-state index is 12.4. The second kappa shape index (κ2) is 5.65. The number of aromatic amines is 1. The van der Waals surface area contributed by atoms with E-state index in [1.807, 2.05) is 0 Å². The molecule has 7 nitrogen and oxygen atoms in total. The zero-order valence-electron chi connectivity index (χ0n) is 11.7. The van der Waals surface area contributed by atoms with Crippen LogP contribution in [0.3, 0.4) is 0 Å². The Morgan fingerprint density at radius 2 is 1.95 bits per heavy atom. The summed E-state index contributed by atoms with van der Waals surface area (Å²) < 4.78 is 5.08. The third-order valence-corrected chi connectivity index (χ3v) is 3.12. The molecule has 2 aromatic heterocycles. The zero-order valence-corrected chi connectivity index (χ0v) is 11.7. The van der Waals surface area contributed by atoms with Crippen molar-refractivity contribution >= 4 is 22.4 Å². The van der Waals surface area contributed by atoms with Gasteiger partial charge in [-0.25, -0.2) is 10.1 Å². The topological polar surface area (TPSA) is 97.0 Å². The molecular formula is C15H12N4O3. The SMILES string of the molecule is COc1ncccc1NC(=O)c1n[nH]c(=O)c2ccccc12. The molecule has 0 saturated heterocycles. The van der Waals surface area contributed by atoms with Crippen LogP contribution in [0, 0.1) is 0 Å². The summed E-state index contributed by atoms with van der Waals surface area (Å²) in [7, 11) is 1.46. The van der Waals surface area contributed by atoms with Gasteiger partial charge in [0, 0.05) is 11.6 Å². The molecule has 7 heteroatoms. The molecule has 0 unspecified atom stereocenters. The van der Waals surface area contributed by atoms with Gasteiger partial charge in [-0.05, 0) is 18.2 Å². The summed E-state index contributed by atoms with van der Waals surface area (Å²) in [6, 6.07) is 10.1. The van der Waals surface area contributed by atoms with E-state index in [0.717, 1.165) is 0 Å². The Hall–Kier alpha value is -3.22. The molecule has 0 radical (unpaired) electrons. The summed E-state index contributed by atoms with van der Waals surface area (Å²) in [5, 5.41) is 9.73. The summed E-state index contributed by atoms with van der Waals surface area (Å²) in [6.45, 7) is 0. The van der Waals surface area contributed by atoms with Crippen LogP contribution in [0.1, 0.15) is 10.5 Å². The Kier molecular flexibility index (Phi) is 3.53. The fourth-order valence-electron chi connectivity index (χ4n) is 2.12. The van der Waals surface area contributed by atoms with Gasteiger partial charge in [-0.3, -0.25) is 9.59 Å². The number of nitrogens with one attached hydrogen (secondary N) is 2. The van der Waals surface area contributed by atoms with Crippen molar-refractivity contribution in [1.82, 2.24) is 15.2 Å². The second-order valence-electron chi connectivity index (χ2n) is 4.46. The lowest BCUT2D eigenvalue weighted by atomic mass is 10.1. The van der Waals surface area contributed by atoms with Gasteiger partial charge in [-0.2, -0.15) is 5.10 Å². The Labute approximate surface area is 125 Å². The molecule has 0 spiro atoms. The predicted octanol–water partition coefficient (Wildman–Crippen LogP) is 1.58. The molecule has 0 saturated carbocycles. The number of ether oxygens (including phenoxy) is 1. The van der Waals surface area contributed by atoms with Crippen LogP contribution in [0.5, 0.6) is 5.88 Å². The quantitative estimate of drug-likeness (QED) is 0.764. The van der Waals surface area contributed by atoms with Gasteiger partial charge in [0.05, 0.1) is 12.5 Å². The number of H-pyrrole nitrogens is 1. The van der Waals surface area contributed by atoms with E-state index in [1.165, 1.54) is 7.11 Å². The van der Waals surface area contributed by atoms with Crippen molar-refractivity contribution in [3.63, 3.8) is 0 Å². The molecule has 2 heterocycles. The van der Waals surface area contributed by atoms with Crippen molar-refractivity contribution in [3.8, 4) is 5.88 Å². The summed E-state index contributed by atoms with van der Waals surface area (Å²) >= 11 is 0. The number of nitrogens with zero attached hydrogens (tertiary/aromatic N) is 2. The third-order valence-electron chi connectivity index (χ3n) is 3.12. The first-order valence-electron chi connectivity index (χ1n) is 6.48. The van der Waals surface area contributed by atoms with E-state index in [2.05, 4.69) is 20.5 Å². The lowest BCUT2D eigenvalue weighted by Gasteiger charge is -2.09. The molecular weight excluding hydrogens is 284 g/mol. The number of methoxy groups -OCH3 is 1. The van der Waals surface area contributed by atoms with Crippen molar-refractivity contribution in [1.29, 1.82) is 0 Å². The number of carbonyl (C=O) groups excluding carboxylic acids is 1. The average Bonchev–Trinajstić information content (AvgIpc) is 2.56. The molecule has 0 bridgehead atoms. The minimum Gasteiger partial charge on any atom is -0.480 e. The van der Waals surface area contributed by atoms with E-state index in [4.69, 9.17) is 4.74 Å². The van der Waals surface area contributed by atoms with Gasteiger partial charge < -0.3 is 10.1 Å². The molecule has 1 aromatic carbocycles. The first kappa shape index (κ1) is 13.7. The molecule has 2 N–H and O–H groups in total. The third kappa shape index (κ3) is 2.39. The van der Waals surface area contributed by atoms with E-state index >= 15 is 0 Å². The standard InChI is InChI=1S/C15H12N4O3/c1-22-15-11(7-4-8-16-15)17-14(21)12-9-5-2-3-6-10(9)13(20)19-18-12/h2-8H,1H3,(H,17,21)(H,19,20). The van der Waals surface area contributed by atoms with Crippen LogP contribution in [0.25, 0.3) is 10.8 Å². The van der Waals surface area contributed by atoms with E-state index in [9.17, 15) is 9.59 Å². The van der Waals surface area contributed by atoms with Gasteiger partial charge >= 0.3 is 0 Å². The average molecular weight is 296 g/mol. The lowest BCUT2D eigenvalue weighted by molar-refractivity contribution is 0.102. The van der Waals surface area contributed by atoms with E-state index in [0.29, 0.717) is 22.3 Å². The smallest absolute Gasteiger partial charge is 0.276 e. The molecule has 0 fully saturated rings. The maximum absolute atomic E-state index is 12.4. The number of amides is 1. The van der Waals surface area contributed by atoms with E-state index in [-0.39, 0.29) is 11.3 Å². The second-order valence-corrected chi connectivity index (χ2v) is 4.46. The molecule has 110 valence electrons. The number of carbonyl (C=O) groups is 1. The lowest BCUT2D eigenvalue weighted by Crippen LogP contribution is -2.19. The molecule has 0 aliphatic rings. The maximum Gasteiger partial charge on any atom is 0.276 e. The van der Waals surface area contributed by atoms with Crippen LogP contribution < -0.4 is 15.6 Å². The number of fused-ring (bicyclic) bond motifs is 1. The fraction of sp³-hybridized carbons (Fsp3) is 0.0667. The monoisotopic (exact) mass is 296 g/mol. The molecule has 3 aromatic rings. The van der Waals surface area contributed by atoms with Crippen LogP contribution in [0.15, 0.2) is 47.4 Å². The number of hydrogen-bond acceptors (Lipinski definition) is 5.